The molecule has 2 aromatic carbocycles. The average Bonchev–Trinajstić information content (AvgIpc) is 2.72. The Morgan fingerprint density at radius 2 is 1.81 bits per heavy atom. The lowest BCUT2D eigenvalue weighted by atomic mass is 9.98. The highest BCUT2D eigenvalue weighted by molar-refractivity contribution is 5.95. The number of methoxy groups -OCH3 is 1. The molecule has 166 valence electrons. The number of anilines is 1. The highest BCUT2D eigenvalue weighted by atomic mass is 16.5. The van der Waals surface area contributed by atoms with Gasteiger partial charge in [0.1, 0.15) is 0 Å². The zero-order valence-corrected chi connectivity index (χ0v) is 19.0. The van der Waals surface area contributed by atoms with Gasteiger partial charge in [0.2, 0.25) is 0 Å². The summed E-state index contributed by atoms with van der Waals surface area (Å²) in [7, 11) is 1.56. The normalized spacial score (nSPS) is 11.1. The molecule has 0 aliphatic rings. The number of ether oxygens (including phenoxy) is 3. The summed E-state index contributed by atoms with van der Waals surface area (Å²) in [5, 5.41) is 2.86. The lowest BCUT2D eigenvalue weighted by Crippen LogP contribution is -2.21. The van der Waals surface area contributed by atoms with Gasteiger partial charge in [-0.15, -0.1) is 0 Å². The molecule has 0 saturated heterocycles. The van der Waals surface area contributed by atoms with Crippen LogP contribution in [0.4, 0.5) is 5.69 Å². The van der Waals surface area contributed by atoms with E-state index in [-0.39, 0.29) is 24.5 Å². The molecule has 1 N–H and O–H groups in total. The molecule has 0 aliphatic heterocycles. The molecule has 31 heavy (non-hydrogen) atoms. The van der Waals surface area contributed by atoms with Gasteiger partial charge < -0.3 is 19.5 Å². The Morgan fingerprint density at radius 1 is 1.06 bits per heavy atom. The molecular weight excluding hydrogens is 394 g/mol. The van der Waals surface area contributed by atoms with Gasteiger partial charge in [-0.25, -0.2) is 4.79 Å². The second kappa shape index (κ2) is 11.2. The Balaban J connectivity index is 1.95. The third-order valence-corrected chi connectivity index (χ3v) is 4.50. The molecule has 0 fully saturated rings. The van der Waals surface area contributed by atoms with Crippen molar-refractivity contribution in [2.75, 3.05) is 19.0 Å². The molecule has 6 nitrogen and oxygen atoms in total. The monoisotopic (exact) mass is 425 g/mol. The van der Waals surface area contributed by atoms with Crippen LogP contribution in [0.1, 0.15) is 50.3 Å². The molecule has 2 rings (SSSR count). The molecule has 1 amide bonds. The van der Waals surface area contributed by atoms with Crippen LogP contribution in [0.3, 0.4) is 0 Å². The molecule has 0 unspecified atom stereocenters. The molecule has 0 radical (unpaired) electrons. The van der Waals surface area contributed by atoms with Crippen molar-refractivity contribution < 1.29 is 23.8 Å². The van der Waals surface area contributed by atoms with Crippen molar-refractivity contribution >= 4 is 23.6 Å². The van der Waals surface area contributed by atoms with Gasteiger partial charge in [-0.05, 0) is 61.6 Å². The average molecular weight is 426 g/mol. The van der Waals surface area contributed by atoms with E-state index < -0.39 is 5.97 Å². The van der Waals surface area contributed by atoms with Gasteiger partial charge in [0.25, 0.3) is 5.91 Å². The fourth-order valence-electron chi connectivity index (χ4n) is 3.01. The summed E-state index contributed by atoms with van der Waals surface area (Å²) in [4.78, 5) is 24.3. The highest BCUT2D eigenvalue weighted by Gasteiger charge is 2.13. The number of esters is 1. The number of rotatable bonds is 9. The van der Waals surface area contributed by atoms with Crippen molar-refractivity contribution in [3.8, 4) is 11.5 Å². The Kier molecular flexibility index (Phi) is 8.67. The highest BCUT2D eigenvalue weighted by Crippen LogP contribution is 2.29. The fraction of sp³-hybridized carbons (Fsp3) is 0.360. The first-order valence-corrected chi connectivity index (χ1v) is 10.3. The van der Waals surface area contributed by atoms with Crippen LogP contribution in [-0.2, 0) is 14.3 Å². The number of benzene rings is 2. The SMILES string of the molecule is COc1cc(/C=C/C(=O)OCC(=O)Nc2c(C)cccc2C(C)C)ccc1OC(C)C. The van der Waals surface area contributed by atoms with Crippen molar-refractivity contribution in [1.29, 1.82) is 0 Å². The van der Waals surface area contributed by atoms with Crippen molar-refractivity contribution in [3.63, 3.8) is 0 Å². The van der Waals surface area contributed by atoms with Gasteiger partial charge in [-0.3, -0.25) is 4.79 Å². The number of carbonyl (C=O) groups excluding carboxylic acids is 2. The number of hydrogen-bond donors (Lipinski definition) is 1. The summed E-state index contributed by atoms with van der Waals surface area (Å²) in [6, 6.07) is 11.2. The summed E-state index contributed by atoms with van der Waals surface area (Å²) in [5.41, 5.74) is 3.52. The molecule has 0 saturated carbocycles. The minimum atomic E-state index is -0.606. The summed E-state index contributed by atoms with van der Waals surface area (Å²) in [6.07, 6.45) is 2.89. The van der Waals surface area contributed by atoms with E-state index in [1.54, 1.807) is 25.3 Å². The first-order valence-electron chi connectivity index (χ1n) is 10.3. The van der Waals surface area contributed by atoms with Crippen molar-refractivity contribution in [3.05, 3.63) is 59.2 Å². The number of amides is 1. The zero-order valence-electron chi connectivity index (χ0n) is 19.0. The van der Waals surface area contributed by atoms with E-state index in [2.05, 4.69) is 19.2 Å². The van der Waals surface area contributed by atoms with Crippen LogP contribution in [0.15, 0.2) is 42.5 Å². The van der Waals surface area contributed by atoms with Crippen LogP contribution in [0.2, 0.25) is 0 Å². The number of carbonyl (C=O) groups is 2. The molecule has 0 heterocycles. The quantitative estimate of drug-likeness (QED) is 0.446. The number of para-hydroxylation sites is 1. The Hall–Kier alpha value is -3.28. The van der Waals surface area contributed by atoms with Gasteiger partial charge >= 0.3 is 5.97 Å². The van der Waals surface area contributed by atoms with Crippen LogP contribution < -0.4 is 14.8 Å². The predicted molar refractivity (Wildman–Crippen MR) is 123 cm³/mol. The van der Waals surface area contributed by atoms with E-state index in [1.807, 2.05) is 45.0 Å². The summed E-state index contributed by atoms with van der Waals surface area (Å²) >= 11 is 0. The van der Waals surface area contributed by atoms with Crippen molar-refractivity contribution in [2.24, 2.45) is 0 Å². The smallest absolute Gasteiger partial charge is 0.331 e. The summed E-state index contributed by atoms with van der Waals surface area (Å²) < 4.78 is 16.1. The standard InChI is InChI=1S/C25H31NO5/c1-16(2)20-9-7-8-18(5)25(20)26-23(27)15-30-24(28)13-11-19-10-12-21(31-17(3)4)22(14-19)29-6/h7-14,16-17H,15H2,1-6H3,(H,26,27)/b13-11+. The van der Waals surface area contributed by atoms with E-state index in [0.29, 0.717) is 11.5 Å². The Bertz CT molecular complexity index is 947. The number of nitrogens with one attached hydrogen (secondary N) is 1. The molecule has 0 spiro atoms. The Morgan fingerprint density at radius 3 is 2.45 bits per heavy atom. The first-order chi connectivity index (χ1) is 14.7. The van der Waals surface area contributed by atoms with Crippen molar-refractivity contribution in [1.82, 2.24) is 0 Å². The zero-order chi connectivity index (χ0) is 23.0. The molecule has 2 aromatic rings. The second-order valence-electron chi connectivity index (χ2n) is 7.76. The van der Waals surface area contributed by atoms with Crippen LogP contribution in [0, 0.1) is 6.92 Å². The maximum atomic E-state index is 12.3. The number of hydrogen-bond acceptors (Lipinski definition) is 5. The number of aryl methyl sites for hydroxylation is 1. The van der Waals surface area contributed by atoms with Gasteiger partial charge in [-0.2, -0.15) is 0 Å². The second-order valence-corrected chi connectivity index (χ2v) is 7.76. The minimum Gasteiger partial charge on any atom is -0.493 e. The van der Waals surface area contributed by atoms with Gasteiger partial charge in [-0.1, -0.05) is 38.1 Å². The molecule has 0 aromatic heterocycles. The third-order valence-electron chi connectivity index (χ3n) is 4.50. The van der Waals surface area contributed by atoms with E-state index in [1.165, 1.54) is 6.08 Å². The molecule has 0 aliphatic carbocycles. The van der Waals surface area contributed by atoms with Crippen molar-refractivity contribution in [2.45, 2.75) is 46.6 Å². The van der Waals surface area contributed by atoms with Crippen LogP contribution in [0.25, 0.3) is 6.08 Å². The first kappa shape index (κ1) is 24.0. The summed E-state index contributed by atoms with van der Waals surface area (Å²) in [5.74, 6) is 0.476. The lowest BCUT2D eigenvalue weighted by Gasteiger charge is -2.16. The van der Waals surface area contributed by atoms with Crippen LogP contribution >= 0.6 is 0 Å². The van der Waals surface area contributed by atoms with Gasteiger partial charge in [0, 0.05) is 11.8 Å². The molecule has 6 heteroatoms. The van der Waals surface area contributed by atoms with Gasteiger partial charge in [0.15, 0.2) is 18.1 Å². The van der Waals surface area contributed by atoms with Gasteiger partial charge in [0.05, 0.1) is 13.2 Å². The largest absolute Gasteiger partial charge is 0.493 e. The molecular formula is C25H31NO5. The summed E-state index contributed by atoms with van der Waals surface area (Å²) in [6.45, 7) is 9.56. The lowest BCUT2D eigenvalue weighted by molar-refractivity contribution is -0.142. The molecule has 0 atom stereocenters. The third kappa shape index (κ3) is 7.17. The van der Waals surface area contributed by atoms with E-state index in [4.69, 9.17) is 14.2 Å². The topological polar surface area (TPSA) is 73.9 Å². The Labute approximate surface area is 184 Å². The fourth-order valence-corrected chi connectivity index (χ4v) is 3.01. The maximum Gasteiger partial charge on any atom is 0.331 e. The van der Waals surface area contributed by atoms with Crippen LogP contribution in [-0.4, -0.2) is 31.7 Å². The van der Waals surface area contributed by atoms with E-state index >= 15 is 0 Å². The predicted octanol–water partition coefficient (Wildman–Crippen LogP) is 5.11. The maximum absolute atomic E-state index is 12.3. The molecule has 0 bridgehead atoms. The van der Waals surface area contributed by atoms with E-state index in [0.717, 1.165) is 22.4 Å². The van der Waals surface area contributed by atoms with E-state index in [9.17, 15) is 9.59 Å². The minimum absolute atomic E-state index is 0.0210. The van der Waals surface area contributed by atoms with Crippen LogP contribution in [0.5, 0.6) is 11.5 Å².